The zero-order valence-electron chi connectivity index (χ0n) is 66.9. The van der Waals surface area contributed by atoms with Crippen LogP contribution < -0.4 is 0 Å². The Morgan fingerprint density at radius 2 is 0.777 bits per heavy atom. The van der Waals surface area contributed by atoms with Gasteiger partial charge in [-0.25, -0.2) is 0 Å². The summed E-state index contributed by atoms with van der Waals surface area (Å²) in [7, 11) is 1.78. The van der Waals surface area contributed by atoms with Crippen LogP contribution in [0.2, 0.25) is 0 Å². The first-order chi connectivity index (χ1) is 43.5. The van der Waals surface area contributed by atoms with Crippen molar-refractivity contribution in [2.24, 2.45) is 17.8 Å². The van der Waals surface area contributed by atoms with E-state index >= 15 is 0 Å². The average molecular weight is 1340 g/mol. The van der Waals surface area contributed by atoms with Crippen molar-refractivity contribution in [3.05, 3.63) is 0 Å². The molecule has 0 aromatic carbocycles. The van der Waals surface area contributed by atoms with Crippen molar-refractivity contribution in [1.29, 1.82) is 0 Å². The van der Waals surface area contributed by atoms with Crippen LogP contribution in [0.5, 0.6) is 0 Å². The Morgan fingerprint density at radius 1 is 0.426 bits per heavy atom. The molecule has 0 spiro atoms. The Hall–Kier alpha value is -1.13. The Morgan fingerprint density at radius 3 is 1.02 bits per heavy atom. The summed E-state index contributed by atoms with van der Waals surface area (Å²) >= 11 is 0. The lowest BCUT2D eigenvalue weighted by atomic mass is 9.91. The number of piperidine rings is 3. The third-order valence-electron chi connectivity index (χ3n) is 21.0. The molecule has 10 fully saturated rings. The van der Waals surface area contributed by atoms with E-state index in [2.05, 4.69) is 215 Å². The molecule has 10 aliphatic rings. The third-order valence-corrected chi connectivity index (χ3v) is 21.0. The highest BCUT2D eigenvalue weighted by Gasteiger charge is 2.38. The van der Waals surface area contributed by atoms with E-state index in [1.165, 1.54) is 110 Å². The molecule has 0 saturated carbocycles. The van der Waals surface area contributed by atoms with E-state index in [0.29, 0.717) is 59.9 Å². The summed E-state index contributed by atoms with van der Waals surface area (Å²) in [5.41, 5.74) is 0.636. The van der Waals surface area contributed by atoms with Gasteiger partial charge in [-0.05, 0) is 302 Å². The van der Waals surface area contributed by atoms with Crippen LogP contribution in [0, 0.1) is 17.8 Å². The Labute approximate surface area is 582 Å². The molecule has 0 aromatic heterocycles. The van der Waals surface area contributed by atoms with Crippen LogP contribution in [0.1, 0.15) is 250 Å². The zero-order valence-corrected chi connectivity index (χ0v) is 66.9. The van der Waals surface area contributed by atoms with E-state index in [0.717, 1.165) is 116 Å². The van der Waals surface area contributed by atoms with Gasteiger partial charge in [0.15, 0.2) is 0 Å². The normalized spacial score (nSPS) is 23.8. The lowest BCUT2D eigenvalue weighted by molar-refractivity contribution is -0.143. The molecular formula is C77H162N10O7. The zero-order chi connectivity index (χ0) is 71.9. The maximum absolute atomic E-state index is 10.6. The molecule has 0 aliphatic carbocycles. The number of hydrogen-bond donors (Lipinski definition) is 5. The number of β-amino-alcohol motifs (C(OH)–C–C–N with tert-alkyl or cyclic N) is 3. The SMILES string of the molecule is CC(C)(C)N1CCC(O)C1.CC(C)(C)N1CCCC1.CC(C)N1CC(C)(O)C1.CC(C)N1CC(CO)C1.CC(C)N1CC(O)C1.CC(C)N1CCC(C(=O)O)CC1.CC(C)N1CCC1.CC(C)N1CCCCC1.CCC1CCN(C(C)(C)C)CC1.COC1CN(C(C)C)C1. The predicted octanol–water partition coefficient (Wildman–Crippen LogP) is 11.4. The minimum atomic E-state index is -0.626. The smallest absolute Gasteiger partial charge is 0.306 e. The van der Waals surface area contributed by atoms with E-state index in [4.69, 9.17) is 20.1 Å². The fourth-order valence-electron chi connectivity index (χ4n) is 13.0. The Bertz CT molecular complexity index is 1820. The van der Waals surface area contributed by atoms with Gasteiger partial charge in [-0.1, -0.05) is 19.8 Å². The summed E-state index contributed by atoms with van der Waals surface area (Å²) in [6, 6.07) is 4.66. The first-order valence-corrected chi connectivity index (χ1v) is 38.4. The highest BCUT2D eigenvalue weighted by molar-refractivity contribution is 5.70. The van der Waals surface area contributed by atoms with Gasteiger partial charge in [0.1, 0.15) is 0 Å². The van der Waals surface area contributed by atoms with Crippen LogP contribution >= 0.6 is 0 Å². The summed E-state index contributed by atoms with van der Waals surface area (Å²) in [6.07, 6.45) is 15.6. The van der Waals surface area contributed by atoms with E-state index in [1.54, 1.807) is 7.11 Å². The molecule has 17 heteroatoms. The summed E-state index contributed by atoms with van der Waals surface area (Å²) in [4.78, 5) is 34.7. The summed E-state index contributed by atoms with van der Waals surface area (Å²) < 4.78 is 5.12. The molecule has 1 atom stereocenters. The second-order valence-electron chi connectivity index (χ2n) is 34.5. The van der Waals surface area contributed by atoms with Gasteiger partial charge in [-0.2, -0.15) is 0 Å². The van der Waals surface area contributed by atoms with Gasteiger partial charge in [0, 0.05) is 144 Å². The van der Waals surface area contributed by atoms with Gasteiger partial charge in [-0.3, -0.25) is 34.2 Å². The molecule has 0 amide bonds. The number of carboxylic acids is 1. The van der Waals surface area contributed by atoms with E-state index in [1.807, 2.05) is 6.92 Å². The van der Waals surface area contributed by atoms with Crippen LogP contribution in [0.15, 0.2) is 0 Å². The van der Waals surface area contributed by atoms with Gasteiger partial charge in [0.2, 0.25) is 0 Å². The number of aliphatic carboxylic acids is 1. The highest BCUT2D eigenvalue weighted by Crippen LogP contribution is 2.27. The van der Waals surface area contributed by atoms with Gasteiger partial charge >= 0.3 is 5.97 Å². The van der Waals surface area contributed by atoms with E-state index in [-0.39, 0.29) is 23.7 Å². The molecule has 10 saturated heterocycles. The van der Waals surface area contributed by atoms with Crippen molar-refractivity contribution < 1.29 is 35.1 Å². The molecule has 17 nitrogen and oxygen atoms in total. The quantitative estimate of drug-likeness (QED) is 0.133. The van der Waals surface area contributed by atoms with Crippen molar-refractivity contribution in [3.8, 4) is 0 Å². The molecule has 10 aliphatic heterocycles. The number of ether oxygens (including phenoxy) is 1. The fraction of sp³-hybridized carbons (Fsp3) is 0.987. The summed E-state index contributed by atoms with van der Waals surface area (Å²) in [5.74, 6) is 0.842. The third kappa shape index (κ3) is 38.1. The van der Waals surface area contributed by atoms with Gasteiger partial charge in [0.05, 0.1) is 29.8 Å². The predicted molar refractivity (Wildman–Crippen MR) is 401 cm³/mol. The molecule has 5 N–H and O–H groups in total. The number of methoxy groups -OCH3 is 1. The van der Waals surface area contributed by atoms with Crippen LogP contribution in [0.4, 0.5) is 0 Å². The Balaban J connectivity index is 0.000000524. The fourth-order valence-corrected chi connectivity index (χ4v) is 13.0. The van der Waals surface area contributed by atoms with Crippen molar-refractivity contribution in [3.63, 3.8) is 0 Å². The highest BCUT2D eigenvalue weighted by atomic mass is 16.5. The number of hydrogen-bond acceptors (Lipinski definition) is 16. The van der Waals surface area contributed by atoms with Crippen LogP contribution in [-0.4, -0.2) is 308 Å². The number of carboxylic acid groups (broad SMARTS) is 1. The van der Waals surface area contributed by atoms with Gasteiger partial charge in [0.25, 0.3) is 0 Å². The number of aliphatic hydroxyl groups excluding tert-OH is 3. The number of carbonyl (C=O) groups is 1. The van der Waals surface area contributed by atoms with Crippen molar-refractivity contribution in [2.75, 3.05) is 145 Å². The largest absolute Gasteiger partial charge is 0.481 e. The summed E-state index contributed by atoms with van der Waals surface area (Å²) in [6.45, 7) is 77.9. The summed E-state index contributed by atoms with van der Waals surface area (Å²) in [5, 5.41) is 44.7. The molecule has 0 aromatic rings. The molecule has 0 radical (unpaired) electrons. The molecule has 10 heterocycles. The lowest BCUT2D eigenvalue weighted by Gasteiger charge is -2.46. The van der Waals surface area contributed by atoms with Gasteiger partial charge < -0.3 is 49.9 Å². The minimum absolute atomic E-state index is 0.0441. The molecule has 0 bridgehead atoms. The first kappa shape index (κ1) is 90.9. The van der Waals surface area contributed by atoms with Crippen LogP contribution in [0.3, 0.4) is 0 Å². The first-order valence-electron chi connectivity index (χ1n) is 38.4. The second-order valence-corrected chi connectivity index (χ2v) is 34.5. The average Bonchev–Trinajstić information content (AvgIpc) is 1.10. The molecular weight excluding hydrogens is 1180 g/mol. The maximum atomic E-state index is 10.6. The molecule has 10 rings (SSSR count). The standard InChI is InChI=1S/C11H23N.C9H17NO2.C8H17NO.2C8H17N.3C7H15NO.C6H13NO.C6H13N/c1-5-10-6-8-12(9-7-10)11(2,3)4;1-7(2)10-5-3-8(4-6-10)9(11)12;1-8(2,3)9-5-4-7(10)6-9;1-8(2,3)9-6-4-5-7-9;1-8(2)9-6-4-3-5-7-9;1-6(2)8-4-7(5-8)9-3;1-6(2)8-4-7(3,9)5-8;1-6(2)8-3-7(4-8)5-9;1-5(2)7-3-6(8)4-7;1-6(2)7-4-3-5-7/h10H,5-9H2,1-4H3;7-8H,3-6H2,1-2H3,(H,11,12);7,10H,4-6H2,1-3H3;4-7H2,1-3H3;8H,3-7H2,1-2H3;6-7H,4-5H2,1-3H3;6,9H,4-5H2,1-3H3;6-7,9H,3-5H2,1-2H3;5-6,8H,3-4H2,1-2H3;6H,3-5H2,1-2H3. The topological polar surface area (TPSA) is 160 Å². The van der Waals surface area contributed by atoms with Crippen molar-refractivity contribution in [2.45, 2.75) is 333 Å². The van der Waals surface area contributed by atoms with Gasteiger partial charge in [-0.15, -0.1) is 0 Å². The van der Waals surface area contributed by atoms with Crippen LogP contribution in [0.25, 0.3) is 0 Å². The van der Waals surface area contributed by atoms with Crippen molar-refractivity contribution in [1.82, 2.24) is 49.0 Å². The minimum Gasteiger partial charge on any atom is -0.481 e. The molecule has 562 valence electrons. The van der Waals surface area contributed by atoms with Crippen LogP contribution in [-0.2, 0) is 9.53 Å². The maximum Gasteiger partial charge on any atom is 0.306 e. The number of rotatable bonds is 11. The Kier molecular flexibility index (Phi) is 44.2. The molecule has 94 heavy (non-hydrogen) atoms. The number of nitrogens with zero attached hydrogens (tertiary/aromatic N) is 10. The monoisotopic (exact) mass is 1340 g/mol. The van der Waals surface area contributed by atoms with Crippen molar-refractivity contribution >= 4 is 5.97 Å². The number of likely N-dealkylation sites (tertiary alicyclic amines) is 10. The van der Waals surface area contributed by atoms with E-state index < -0.39 is 11.6 Å². The lowest BCUT2D eigenvalue weighted by Crippen LogP contribution is -2.61. The van der Waals surface area contributed by atoms with E-state index in [9.17, 15) is 15.0 Å². The molecule has 1 unspecified atom stereocenters. The second kappa shape index (κ2) is 45.7. The number of aliphatic hydroxyl groups is 4.